The van der Waals surface area contributed by atoms with Crippen molar-refractivity contribution in [1.82, 2.24) is 4.98 Å². The van der Waals surface area contributed by atoms with Crippen molar-refractivity contribution < 1.29 is 0 Å². The molecule has 1 nitrogen and oxygen atoms in total. The lowest BCUT2D eigenvalue weighted by Crippen LogP contribution is -2.01. The van der Waals surface area contributed by atoms with Gasteiger partial charge in [-0.25, -0.2) is 0 Å². The molecule has 1 heterocycles. The highest BCUT2D eigenvalue weighted by molar-refractivity contribution is 5.75. The third-order valence-electron chi connectivity index (χ3n) is 6.62. The summed E-state index contributed by atoms with van der Waals surface area (Å²) in [6.45, 7) is 6.63. The van der Waals surface area contributed by atoms with Crippen molar-refractivity contribution in [2.24, 2.45) is 11.8 Å². The number of hydrogen-bond acceptors (Lipinski definition) is 0. The fourth-order valence-corrected chi connectivity index (χ4v) is 4.77. The van der Waals surface area contributed by atoms with Crippen LogP contribution in [0.3, 0.4) is 0 Å². The van der Waals surface area contributed by atoms with Gasteiger partial charge in [-0.2, -0.15) is 0 Å². The van der Waals surface area contributed by atoms with E-state index in [0.29, 0.717) is 0 Å². The van der Waals surface area contributed by atoms with Gasteiger partial charge in [-0.15, -0.1) is 6.42 Å². The average Bonchev–Trinajstić information content (AvgIpc) is 3.47. The maximum Gasteiger partial charge on any atom is 0.0462 e. The molecule has 3 rings (SSSR count). The predicted octanol–water partition coefficient (Wildman–Crippen LogP) is 8.48. The quantitative estimate of drug-likeness (QED) is 0.343. The summed E-state index contributed by atoms with van der Waals surface area (Å²) in [5, 5.41) is 0. The molecule has 1 aliphatic carbocycles. The Bertz CT molecular complexity index is 872. The largest absolute Gasteiger partial charge is 0.358 e. The van der Waals surface area contributed by atoms with Gasteiger partial charge in [-0.1, -0.05) is 88.0 Å². The summed E-state index contributed by atoms with van der Waals surface area (Å²) in [6.07, 6.45) is 21.3. The van der Waals surface area contributed by atoms with Crippen molar-refractivity contribution in [3.63, 3.8) is 0 Å². The van der Waals surface area contributed by atoms with Gasteiger partial charge < -0.3 is 4.98 Å². The zero-order valence-electron chi connectivity index (χ0n) is 19.3. The normalized spacial score (nSPS) is 15.2. The van der Waals surface area contributed by atoms with Gasteiger partial charge in [0.15, 0.2) is 0 Å². The van der Waals surface area contributed by atoms with Gasteiger partial charge in [-0.3, -0.25) is 0 Å². The van der Waals surface area contributed by atoms with E-state index in [4.69, 9.17) is 6.42 Å². The van der Waals surface area contributed by atoms with Crippen LogP contribution in [0.5, 0.6) is 0 Å². The SMILES string of the molecule is C#C/C=C(/CCCC(CCC)CCCC1CC1)c1cc(-c2cccc(C)c2)[nH]c1C. The molecule has 1 saturated carbocycles. The lowest BCUT2D eigenvalue weighted by Gasteiger charge is -2.16. The number of allylic oxidation sites excluding steroid dienone is 2. The van der Waals surface area contributed by atoms with Gasteiger partial charge in [-0.05, 0) is 73.4 Å². The summed E-state index contributed by atoms with van der Waals surface area (Å²) in [5.41, 5.74) is 7.50. The number of aromatic nitrogens is 1. The number of aryl methyl sites for hydroxylation is 2. The van der Waals surface area contributed by atoms with E-state index in [1.54, 1.807) is 0 Å². The zero-order valence-corrected chi connectivity index (χ0v) is 19.3. The van der Waals surface area contributed by atoms with E-state index in [2.05, 4.69) is 62.0 Å². The molecule has 1 fully saturated rings. The molecule has 1 aromatic heterocycles. The van der Waals surface area contributed by atoms with Gasteiger partial charge in [0.1, 0.15) is 0 Å². The molecule has 1 N–H and O–H groups in total. The molecule has 1 atom stereocenters. The second-order valence-electron chi connectivity index (χ2n) is 9.35. The van der Waals surface area contributed by atoms with Crippen LogP contribution in [0.1, 0.15) is 88.0 Å². The fraction of sp³-hybridized carbons (Fsp3) is 0.517. The molecule has 2 aromatic rings. The first-order chi connectivity index (χ1) is 14.6. The van der Waals surface area contributed by atoms with Crippen molar-refractivity contribution in [2.45, 2.75) is 85.0 Å². The van der Waals surface area contributed by atoms with Crippen LogP contribution in [0.2, 0.25) is 0 Å². The molecule has 0 radical (unpaired) electrons. The Labute approximate surface area is 184 Å². The summed E-state index contributed by atoms with van der Waals surface area (Å²) in [5.74, 6) is 4.74. The molecule has 0 amide bonds. The van der Waals surface area contributed by atoms with Crippen LogP contribution in [0.4, 0.5) is 0 Å². The van der Waals surface area contributed by atoms with Gasteiger partial charge >= 0.3 is 0 Å². The first kappa shape index (κ1) is 22.5. The molecule has 0 aliphatic heterocycles. The Hall–Kier alpha value is -2.20. The summed E-state index contributed by atoms with van der Waals surface area (Å²) in [7, 11) is 0. The van der Waals surface area contributed by atoms with Crippen LogP contribution >= 0.6 is 0 Å². The highest BCUT2D eigenvalue weighted by Gasteiger charge is 2.21. The molecule has 1 unspecified atom stereocenters. The standard InChI is InChI=1S/C29H39N/c1-5-10-24(13-8-14-25-18-19-25)15-9-16-26(11-6-2)28-21-29(30-23(28)4)27-17-7-12-22(3)20-27/h2,7,11-12,17,20-21,24-25,30H,5,8-10,13-16,18-19H2,1,3-4H3/b26-11-. The smallest absolute Gasteiger partial charge is 0.0462 e. The topological polar surface area (TPSA) is 15.8 Å². The number of rotatable bonds is 12. The van der Waals surface area contributed by atoms with E-state index in [-0.39, 0.29) is 0 Å². The molecular weight excluding hydrogens is 362 g/mol. The Morgan fingerprint density at radius 1 is 1.17 bits per heavy atom. The van der Waals surface area contributed by atoms with Crippen molar-refractivity contribution in [2.75, 3.05) is 0 Å². The van der Waals surface area contributed by atoms with Crippen molar-refractivity contribution in [1.29, 1.82) is 0 Å². The minimum atomic E-state index is 0.885. The van der Waals surface area contributed by atoms with Crippen molar-refractivity contribution >= 4 is 5.57 Å². The lowest BCUT2D eigenvalue weighted by molar-refractivity contribution is 0.386. The zero-order chi connectivity index (χ0) is 21.3. The molecule has 0 saturated heterocycles. The summed E-state index contributed by atoms with van der Waals surface area (Å²) >= 11 is 0. The second-order valence-corrected chi connectivity index (χ2v) is 9.35. The van der Waals surface area contributed by atoms with E-state index in [1.165, 1.54) is 91.4 Å². The van der Waals surface area contributed by atoms with E-state index in [1.807, 2.05) is 6.08 Å². The number of H-pyrrole nitrogens is 1. The van der Waals surface area contributed by atoms with Crippen LogP contribution in [0.15, 0.2) is 36.4 Å². The van der Waals surface area contributed by atoms with Crippen LogP contribution in [-0.2, 0) is 0 Å². The summed E-state index contributed by atoms with van der Waals surface area (Å²) in [4.78, 5) is 3.58. The van der Waals surface area contributed by atoms with E-state index >= 15 is 0 Å². The minimum Gasteiger partial charge on any atom is -0.358 e. The first-order valence-electron chi connectivity index (χ1n) is 12.0. The average molecular weight is 402 g/mol. The number of benzene rings is 1. The van der Waals surface area contributed by atoms with E-state index in [9.17, 15) is 0 Å². The monoisotopic (exact) mass is 401 g/mol. The molecule has 1 aromatic carbocycles. The first-order valence-corrected chi connectivity index (χ1v) is 12.0. The summed E-state index contributed by atoms with van der Waals surface area (Å²) < 4.78 is 0. The van der Waals surface area contributed by atoms with Crippen molar-refractivity contribution in [3.05, 3.63) is 53.2 Å². The van der Waals surface area contributed by atoms with Gasteiger partial charge in [0, 0.05) is 11.4 Å². The molecular formula is C29H39N. The third-order valence-corrected chi connectivity index (χ3v) is 6.62. The molecule has 0 spiro atoms. The Morgan fingerprint density at radius 3 is 2.67 bits per heavy atom. The number of aromatic amines is 1. The van der Waals surface area contributed by atoms with Crippen LogP contribution in [0.25, 0.3) is 16.8 Å². The molecule has 0 bridgehead atoms. The highest BCUT2D eigenvalue weighted by atomic mass is 14.7. The van der Waals surface area contributed by atoms with Gasteiger partial charge in [0.2, 0.25) is 0 Å². The van der Waals surface area contributed by atoms with Crippen molar-refractivity contribution in [3.8, 4) is 23.6 Å². The van der Waals surface area contributed by atoms with Gasteiger partial charge in [0.25, 0.3) is 0 Å². The fourth-order valence-electron chi connectivity index (χ4n) is 4.77. The van der Waals surface area contributed by atoms with Gasteiger partial charge in [0.05, 0.1) is 0 Å². The highest BCUT2D eigenvalue weighted by Crippen LogP contribution is 2.35. The molecule has 1 aliphatic rings. The minimum absolute atomic E-state index is 0.885. The number of terminal acetylenes is 1. The Kier molecular flexibility index (Phi) is 8.44. The number of hydrogen-bond donors (Lipinski definition) is 1. The van der Waals surface area contributed by atoms with E-state index in [0.717, 1.165) is 18.3 Å². The maximum absolute atomic E-state index is 5.70. The molecule has 30 heavy (non-hydrogen) atoms. The Balaban J connectivity index is 1.61. The second kappa shape index (κ2) is 11.3. The molecule has 1 heteroatoms. The van der Waals surface area contributed by atoms with E-state index < -0.39 is 0 Å². The predicted molar refractivity (Wildman–Crippen MR) is 131 cm³/mol. The third kappa shape index (κ3) is 6.66. The van der Waals surface area contributed by atoms with Crippen LogP contribution < -0.4 is 0 Å². The summed E-state index contributed by atoms with van der Waals surface area (Å²) in [6, 6.07) is 10.9. The lowest BCUT2D eigenvalue weighted by atomic mass is 9.89. The molecule has 160 valence electrons. The van der Waals surface area contributed by atoms with Crippen LogP contribution in [0, 0.1) is 38.0 Å². The Morgan fingerprint density at radius 2 is 1.97 bits per heavy atom. The van der Waals surface area contributed by atoms with Crippen LogP contribution in [-0.4, -0.2) is 4.98 Å². The maximum atomic E-state index is 5.70. The number of nitrogens with one attached hydrogen (secondary N) is 1.